The Bertz CT molecular complexity index is 1730. The molecule has 0 aliphatic carbocycles. The highest BCUT2D eigenvalue weighted by molar-refractivity contribution is 5.96. The number of hydrogen-bond acceptors (Lipinski definition) is 12. The molecular weight excluding hydrogens is 706 g/mol. The number of piperidine rings is 1. The molecule has 3 atom stereocenters. The summed E-state index contributed by atoms with van der Waals surface area (Å²) in [5.41, 5.74) is -0.365. The number of likely N-dealkylation sites (tertiary alicyclic amines) is 1. The van der Waals surface area contributed by atoms with Crippen molar-refractivity contribution in [1.29, 1.82) is 5.26 Å². The smallest absolute Gasteiger partial charge is 0.407 e. The summed E-state index contributed by atoms with van der Waals surface area (Å²) in [5.74, 6) is -2.90. The quantitative estimate of drug-likeness (QED) is 0.124. The number of nitrogens with one attached hydrogen (secondary N) is 5. The molecule has 0 spiro atoms. The molecule has 1 fully saturated rings. The predicted molar refractivity (Wildman–Crippen MR) is 193 cm³/mol. The average molecular weight is 756 g/mol. The van der Waals surface area contributed by atoms with E-state index in [9.17, 15) is 38.7 Å². The number of likely N-dealkylation sites (N-methyl/N-ethyl adjacent to an activating group) is 1. The predicted octanol–water partition coefficient (Wildman–Crippen LogP) is 0.0727. The van der Waals surface area contributed by atoms with Crippen molar-refractivity contribution in [1.82, 2.24) is 46.0 Å². The first-order chi connectivity index (χ1) is 25.5. The topological polar surface area (TPSA) is 270 Å². The highest BCUT2D eigenvalue weighted by Gasteiger charge is 2.33. The molecule has 1 aliphatic heterocycles. The summed E-state index contributed by atoms with van der Waals surface area (Å²) in [5, 5.41) is 30.9. The molecule has 2 aromatic heterocycles. The van der Waals surface area contributed by atoms with Crippen molar-refractivity contribution >= 4 is 58.6 Å². The van der Waals surface area contributed by atoms with Gasteiger partial charge in [0.15, 0.2) is 5.65 Å². The molecule has 0 saturated carbocycles. The van der Waals surface area contributed by atoms with Gasteiger partial charge in [0, 0.05) is 32.9 Å². The fourth-order valence-corrected chi connectivity index (χ4v) is 5.70. The Kier molecular flexibility index (Phi) is 15.5. The van der Waals surface area contributed by atoms with Crippen molar-refractivity contribution in [2.45, 2.75) is 77.5 Å². The van der Waals surface area contributed by atoms with Gasteiger partial charge in [-0.05, 0) is 58.4 Å². The normalized spacial score (nSPS) is 16.0. The van der Waals surface area contributed by atoms with Crippen LogP contribution in [0.4, 0.5) is 15.4 Å². The number of nitrogens with zero attached hydrogens (tertiary/aromatic N) is 6. The third-order valence-electron chi connectivity index (χ3n) is 8.53. The molecule has 0 bridgehead atoms. The summed E-state index contributed by atoms with van der Waals surface area (Å²) < 4.78 is 6.34. The Morgan fingerprint density at radius 1 is 1.02 bits per heavy atom. The van der Waals surface area contributed by atoms with Gasteiger partial charge in [-0.3, -0.25) is 23.7 Å². The van der Waals surface area contributed by atoms with Gasteiger partial charge >= 0.3 is 18.1 Å². The van der Waals surface area contributed by atoms with Gasteiger partial charge in [0.25, 0.3) is 0 Å². The molecule has 3 rings (SSSR count). The highest BCUT2D eigenvalue weighted by Crippen LogP contribution is 2.29. The molecule has 1 unspecified atom stereocenters. The number of carboxylic acid groups (broad SMARTS) is 1. The number of rotatable bonds is 16. The second-order valence-corrected chi connectivity index (χ2v) is 13.8. The van der Waals surface area contributed by atoms with Crippen LogP contribution in [0.5, 0.6) is 0 Å². The maximum absolute atomic E-state index is 13.0. The van der Waals surface area contributed by atoms with E-state index < -0.39 is 67.1 Å². The van der Waals surface area contributed by atoms with Crippen molar-refractivity contribution < 1.29 is 43.4 Å². The van der Waals surface area contributed by atoms with Crippen LogP contribution in [-0.2, 0) is 28.7 Å². The minimum absolute atomic E-state index is 0.0868. The van der Waals surface area contributed by atoms with Gasteiger partial charge in [-0.15, -0.1) is 0 Å². The van der Waals surface area contributed by atoms with E-state index in [1.54, 1.807) is 31.7 Å². The molecule has 3 heterocycles. The van der Waals surface area contributed by atoms with Crippen LogP contribution >= 0.6 is 0 Å². The number of anilines is 1. The summed E-state index contributed by atoms with van der Waals surface area (Å²) in [4.78, 5) is 97.8. The molecular formula is C34H49N11O9. The molecule has 6 amide bonds. The van der Waals surface area contributed by atoms with E-state index in [0.29, 0.717) is 37.1 Å². The Hall–Kier alpha value is -6.00. The van der Waals surface area contributed by atoms with Gasteiger partial charge in [-0.1, -0.05) is 6.92 Å². The van der Waals surface area contributed by atoms with Gasteiger partial charge in [-0.25, -0.2) is 24.4 Å². The molecule has 20 nitrogen and oxygen atoms in total. The lowest BCUT2D eigenvalue weighted by Gasteiger charge is -2.42. The Morgan fingerprint density at radius 2 is 1.69 bits per heavy atom. The van der Waals surface area contributed by atoms with E-state index in [1.165, 1.54) is 17.1 Å². The largest absolute Gasteiger partial charge is 0.480 e. The van der Waals surface area contributed by atoms with Crippen LogP contribution < -0.4 is 31.5 Å². The number of carbonyl (C=O) groups is 7. The molecule has 294 valence electrons. The Labute approximate surface area is 312 Å². The Balaban J connectivity index is 1.42. The zero-order valence-corrected chi connectivity index (χ0v) is 31.1. The number of hydrogen-bond donors (Lipinski definition) is 6. The van der Waals surface area contributed by atoms with Crippen molar-refractivity contribution in [3.63, 3.8) is 0 Å². The summed E-state index contributed by atoms with van der Waals surface area (Å²) in [6.45, 7) is 6.97. The zero-order valence-electron chi connectivity index (χ0n) is 31.1. The van der Waals surface area contributed by atoms with E-state index in [4.69, 9.17) is 10.00 Å². The van der Waals surface area contributed by atoms with Crippen LogP contribution in [0.2, 0.25) is 0 Å². The second kappa shape index (κ2) is 19.7. The summed E-state index contributed by atoms with van der Waals surface area (Å²) in [7, 11) is 1.84. The monoisotopic (exact) mass is 755 g/mol. The number of aromatic nitrogens is 3. The number of aliphatic carboxylic acids is 1. The standard InChI is InChI=1S/C34H49N11O9/c1-21-10-14-44(28(49)9-12-35)19-24(21)43(5)29-22-11-15-45(30(22)41-20-40-29)32(52)39-17-26(47)37-16-25(46)38-18-27(48)42-23(31(50)51)8-6-7-13-36-33(53)54-34(2,3)4/h11,15,20-21,23-24H,6-10,13-14,16-19H2,1-5H3,(H,36,53)(H,37,47)(H,38,46)(H,39,52)(H,42,48)(H,50,51)/t21-,23?,24+/m1/s1. The number of carbonyl (C=O) groups excluding carboxylic acids is 6. The van der Waals surface area contributed by atoms with E-state index in [1.807, 2.05) is 18.0 Å². The van der Waals surface area contributed by atoms with E-state index in [2.05, 4.69) is 43.5 Å². The lowest BCUT2D eigenvalue weighted by molar-refractivity contribution is -0.142. The number of fused-ring (bicyclic) bond motifs is 1. The number of alkyl carbamates (subject to hydrolysis) is 1. The van der Waals surface area contributed by atoms with E-state index in [0.717, 1.165) is 6.42 Å². The van der Waals surface area contributed by atoms with Crippen LogP contribution in [0.1, 0.15) is 59.8 Å². The first-order valence-corrected chi connectivity index (χ1v) is 17.5. The maximum Gasteiger partial charge on any atom is 0.407 e. The molecule has 1 aliphatic rings. The molecule has 1 saturated heterocycles. The van der Waals surface area contributed by atoms with Gasteiger partial charge in [0.05, 0.1) is 37.1 Å². The van der Waals surface area contributed by atoms with Crippen molar-refractivity contribution in [3.05, 3.63) is 18.6 Å². The van der Waals surface area contributed by atoms with Crippen LogP contribution in [0, 0.1) is 17.2 Å². The number of unbranched alkanes of at least 4 members (excludes halogenated alkanes) is 1. The van der Waals surface area contributed by atoms with Crippen LogP contribution in [0.15, 0.2) is 18.6 Å². The molecule has 0 aromatic carbocycles. The average Bonchev–Trinajstić information content (AvgIpc) is 3.55. The third kappa shape index (κ3) is 12.9. The first kappa shape index (κ1) is 42.4. The lowest BCUT2D eigenvalue weighted by Crippen LogP contribution is -2.52. The number of nitriles is 1. The minimum atomic E-state index is -1.26. The summed E-state index contributed by atoms with van der Waals surface area (Å²) in [6.07, 6.45) is 3.67. The minimum Gasteiger partial charge on any atom is -0.480 e. The molecule has 2 aromatic rings. The number of carboxylic acids is 1. The zero-order chi connectivity index (χ0) is 40.0. The SMILES string of the molecule is C[C@@H]1CCN(C(=O)CC#N)C[C@@H]1N(C)c1ncnc2c1ccn2C(=O)NCC(=O)NCC(=O)NCC(=O)NC(CCCCNC(=O)OC(C)(C)C)C(=O)O. The van der Waals surface area contributed by atoms with E-state index >= 15 is 0 Å². The molecule has 0 radical (unpaired) electrons. The van der Waals surface area contributed by atoms with Gasteiger partial charge in [0.2, 0.25) is 23.6 Å². The van der Waals surface area contributed by atoms with Gasteiger partial charge < -0.3 is 46.2 Å². The summed E-state index contributed by atoms with van der Waals surface area (Å²) in [6, 6.07) is 1.58. The van der Waals surface area contributed by atoms with Crippen molar-refractivity contribution in [3.8, 4) is 6.07 Å². The first-order valence-electron chi connectivity index (χ1n) is 17.5. The van der Waals surface area contributed by atoms with Crippen molar-refractivity contribution in [2.24, 2.45) is 5.92 Å². The molecule has 20 heteroatoms. The van der Waals surface area contributed by atoms with Crippen LogP contribution in [0.25, 0.3) is 11.0 Å². The number of amides is 6. The van der Waals surface area contributed by atoms with Crippen LogP contribution in [0.3, 0.4) is 0 Å². The highest BCUT2D eigenvalue weighted by atomic mass is 16.6. The molecule has 54 heavy (non-hydrogen) atoms. The fourth-order valence-electron chi connectivity index (χ4n) is 5.70. The lowest BCUT2D eigenvalue weighted by atomic mass is 9.92. The summed E-state index contributed by atoms with van der Waals surface area (Å²) >= 11 is 0. The Morgan fingerprint density at radius 3 is 2.33 bits per heavy atom. The molecule has 6 N–H and O–H groups in total. The van der Waals surface area contributed by atoms with Gasteiger partial charge in [0.1, 0.15) is 30.2 Å². The number of ether oxygens (including phenoxy) is 1. The maximum atomic E-state index is 13.0. The third-order valence-corrected chi connectivity index (χ3v) is 8.53. The second-order valence-electron chi connectivity index (χ2n) is 13.8. The fraction of sp³-hybridized carbons (Fsp3) is 0.588. The van der Waals surface area contributed by atoms with E-state index in [-0.39, 0.29) is 42.9 Å². The van der Waals surface area contributed by atoms with Gasteiger partial charge in [-0.2, -0.15) is 5.26 Å². The van der Waals surface area contributed by atoms with Crippen LogP contribution in [-0.4, -0.2) is 130 Å². The van der Waals surface area contributed by atoms with Crippen molar-refractivity contribution in [2.75, 3.05) is 51.2 Å².